The fourth-order valence-corrected chi connectivity index (χ4v) is 1.04. The summed E-state index contributed by atoms with van der Waals surface area (Å²) in [4.78, 5) is 18.3. The molecule has 0 amide bonds. The number of carboxylic acids is 1. The minimum absolute atomic E-state index is 0.116. The zero-order valence-electron chi connectivity index (χ0n) is 8.10. The molecule has 1 aromatic rings. The second kappa shape index (κ2) is 5.73. The molecule has 0 aliphatic rings. The SMILES string of the molecule is C#CCCNCc1ncncc1C(=O)O. The maximum absolute atomic E-state index is 10.8. The molecule has 2 N–H and O–H groups in total. The van der Waals surface area contributed by atoms with E-state index in [2.05, 4.69) is 21.2 Å². The molecule has 0 unspecified atom stereocenters. The van der Waals surface area contributed by atoms with E-state index in [1.165, 1.54) is 12.5 Å². The maximum atomic E-state index is 10.8. The molecule has 15 heavy (non-hydrogen) atoms. The van der Waals surface area contributed by atoms with Gasteiger partial charge >= 0.3 is 5.97 Å². The van der Waals surface area contributed by atoms with Gasteiger partial charge in [-0.3, -0.25) is 0 Å². The number of nitrogens with one attached hydrogen (secondary N) is 1. The van der Waals surface area contributed by atoms with E-state index in [1.54, 1.807) is 0 Å². The number of aromatic nitrogens is 2. The smallest absolute Gasteiger partial charge is 0.339 e. The lowest BCUT2D eigenvalue weighted by atomic mass is 10.2. The Morgan fingerprint density at radius 3 is 3.13 bits per heavy atom. The van der Waals surface area contributed by atoms with E-state index in [1.807, 2.05) is 0 Å². The summed E-state index contributed by atoms with van der Waals surface area (Å²) < 4.78 is 0. The van der Waals surface area contributed by atoms with Crippen molar-refractivity contribution in [3.8, 4) is 12.3 Å². The van der Waals surface area contributed by atoms with E-state index in [9.17, 15) is 4.79 Å². The van der Waals surface area contributed by atoms with Crippen molar-refractivity contribution in [3.05, 3.63) is 23.8 Å². The average molecular weight is 205 g/mol. The molecule has 0 saturated carbocycles. The van der Waals surface area contributed by atoms with Crippen LogP contribution in [0.15, 0.2) is 12.5 Å². The van der Waals surface area contributed by atoms with Gasteiger partial charge in [0.05, 0.1) is 5.69 Å². The predicted molar refractivity (Wildman–Crippen MR) is 54.1 cm³/mol. The summed E-state index contributed by atoms with van der Waals surface area (Å²) in [5, 5.41) is 11.8. The number of carboxylic acid groups (broad SMARTS) is 1. The lowest BCUT2D eigenvalue weighted by Crippen LogP contribution is -2.18. The number of aromatic carboxylic acids is 1. The minimum atomic E-state index is -1.02. The van der Waals surface area contributed by atoms with Crippen molar-refractivity contribution in [1.29, 1.82) is 0 Å². The molecule has 5 heteroatoms. The molecular formula is C10H11N3O2. The molecule has 78 valence electrons. The van der Waals surface area contributed by atoms with Gasteiger partial charge in [-0.05, 0) is 0 Å². The van der Waals surface area contributed by atoms with Crippen molar-refractivity contribution in [3.63, 3.8) is 0 Å². The minimum Gasteiger partial charge on any atom is -0.478 e. The number of hydrogen-bond donors (Lipinski definition) is 2. The highest BCUT2D eigenvalue weighted by atomic mass is 16.4. The zero-order chi connectivity index (χ0) is 11.1. The summed E-state index contributed by atoms with van der Waals surface area (Å²) in [5.74, 6) is 1.46. The third-order valence-corrected chi connectivity index (χ3v) is 1.76. The largest absolute Gasteiger partial charge is 0.478 e. The third-order valence-electron chi connectivity index (χ3n) is 1.76. The standard InChI is InChI=1S/C10H11N3O2/c1-2-3-4-11-6-9-8(10(14)15)5-12-7-13-9/h1,5,7,11H,3-4,6H2,(H,14,15). The molecule has 1 heterocycles. The first-order valence-corrected chi connectivity index (χ1v) is 4.42. The maximum Gasteiger partial charge on any atom is 0.339 e. The van der Waals surface area contributed by atoms with Crippen molar-refractivity contribution >= 4 is 5.97 Å². The molecule has 0 aromatic carbocycles. The Bertz CT molecular complexity index is 384. The van der Waals surface area contributed by atoms with Crippen LogP contribution in [0.5, 0.6) is 0 Å². The van der Waals surface area contributed by atoms with Crippen LogP contribution in [0.4, 0.5) is 0 Å². The molecule has 0 atom stereocenters. The number of nitrogens with zero attached hydrogens (tertiary/aromatic N) is 2. The van der Waals surface area contributed by atoms with Gasteiger partial charge in [-0.25, -0.2) is 14.8 Å². The van der Waals surface area contributed by atoms with Gasteiger partial charge in [-0.1, -0.05) is 0 Å². The molecule has 0 fully saturated rings. The Labute approximate surface area is 87.6 Å². The van der Waals surface area contributed by atoms with Gasteiger partial charge in [0, 0.05) is 25.7 Å². The van der Waals surface area contributed by atoms with E-state index in [4.69, 9.17) is 11.5 Å². The quantitative estimate of drug-likeness (QED) is 0.533. The van der Waals surface area contributed by atoms with Crippen LogP contribution in [-0.4, -0.2) is 27.6 Å². The highest BCUT2D eigenvalue weighted by Gasteiger charge is 2.10. The van der Waals surface area contributed by atoms with Gasteiger partial charge in [0.2, 0.25) is 0 Å². The lowest BCUT2D eigenvalue weighted by Gasteiger charge is -2.04. The zero-order valence-corrected chi connectivity index (χ0v) is 8.10. The summed E-state index contributed by atoms with van der Waals surface area (Å²) in [7, 11) is 0. The van der Waals surface area contributed by atoms with Crippen molar-refractivity contribution in [1.82, 2.24) is 15.3 Å². The van der Waals surface area contributed by atoms with Gasteiger partial charge in [0.1, 0.15) is 11.9 Å². The van der Waals surface area contributed by atoms with E-state index in [-0.39, 0.29) is 5.56 Å². The Balaban J connectivity index is 2.60. The molecule has 0 spiro atoms. The van der Waals surface area contributed by atoms with Crippen LogP contribution < -0.4 is 5.32 Å². The van der Waals surface area contributed by atoms with Crippen molar-refractivity contribution in [2.24, 2.45) is 0 Å². The molecule has 0 aliphatic carbocycles. The van der Waals surface area contributed by atoms with Gasteiger partial charge in [0.15, 0.2) is 0 Å². The van der Waals surface area contributed by atoms with Crippen LogP contribution in [0.1, 0.15) is 22.5 Å². The Kier molecular flexibility index (Phi) is 4.26. The number of hydrogen-bond acceptors (Lipinski definition) is 4. The van der Waals surface area contributed by atoms with E-state index < -0.39 is 5.97 Å². The summed E-state index contributed by atoms with van der Waals surface area (Å²) in [6.07, 6.45) is 8.29. The normalized spacial score (nSPS) is 9.53. The first-order valence-electron chi connectivity index (χ1n) is 4.42. The van der Waals surface area contributed by atoms with Crippen LogP contribution in [0.25, 0.3) is 0 Å². The van der Waals surface area contributed by atoms with Crippen LogP contribution >= 0.6 is 0 Å². The summed E-state index contributed by atoms with van der Waals surface area (Å²) in [6, 6.07) is 0. The second-order valence-electron chi connectivity index (χ2n) is 2.82. The second-order valence-corrected chi connectivity index (χ2v) is 2.82. The van der Waals surface area contributed by atoms with Crippen molar-refractivity contribution in [2.45, 2.75) is 13.0 Å². The highest BCUT2D eigenvalue weighted by molar-refractivity contribution is 5.88. The number of carbonyl (C=O) groups is 1. The first-order chi connectivity index (χ1) is 7.25. The van der Waals surface area contributed by atoms with Crippen molar-refractivity contribution in [2.75, 3.05) is 6.54 Å². The summed E-state index contributed by atoms with van der Waals surface area (Å²) in [6.45, 7) is 1.02. The lowest BCUT2D eigenvalue weighted by molar-refractivity contribution is 0.0694. The Morgan fingerprint density at radius 1 is 1.67 bits per heavy atom. The number of terminal acetylenes is 1. The predicted octanol–water partition coefficient (Wildman–Crippen LogP) is 0.288. The van der Waals surface area contributed by atoms with Crippen molar-refractivity contribution < 1.29 is 9.90 Å². The summed E-state index contributed by atoms with van der Waals surface area (Å²) in [5.41, 5.74) is 0.584. The highest BCUT2D eigenvalue weighted by Crippen LogP contribution is 2.02. The monoisotopic (exact) mass is 205 g/mol. The summed E-state index contributed by atoms with van der Waals surface area (Å²) >= 11 is 0. The fraction of sp³-hybridized carbons (Fsp3) is 0.300. The number of rotatable bonds is 5. The molecule has 0 saturated heterocycles. The van der Waals surface area contributed by atoms with Crippen LogP contribution in [0.2, 0.25) is 0 Å². The van der Waals surface area contributed by atoms with Crippen LogP contribution in [0.3, 0.4) is 0 Å². The molecular weight excluding hydrogens is 194 g/mol. The Morgan fingerprint density at radius 2 is 2.47 bits per heavy atom. The van der Waals surface area contributed by atoms with Gasteiger partial charge in [0.25, 0.3) is 0 Å². The molecule has 0 bridgehead atoms. The average Bonchev–Trinajstić information content (AvgIpc) is 2.25. The van der Waals surface area contributed by atoms with E-state index in [0.717, 1.165) is 0 Å². The first kappa shape index (κ1) is 11.1. The van der Waals surface area contributed by atoms with Gasteiger partial charge < -0.3 is 10.4 Å². The van der Waals surface area contributed by atoms with E-state index in [0.29, 0.717) is 25.2 Å². The van der Waals surface area contributed by atoms with Gasteiger partial charge in [-0.15, -0.1) is 12.3 Å². The fourth-order valence-electron chi connectivity index (χ4n) is 1.04. The van der Waals surface area contributed by atoms with Crippen LogP contribution in [-0.2, 0) is 6.54 Å². The van der Waals surface area contributed by atoms with Gasteiger partial charge in [-0.2, -0.15) is 0 Å². The Hall–Kier alpha value is -1.93. The molecule has 1 aromatic heterocycles. The molecule has 0 aliphatic heterocycles. The molecule has 5 nitrogen and oxygen atoms in total. The molecule has 1 rings (SSSR count). The molecule has 0 radical (unpaired) electrons. The third kappa shape index (κ3) is 3.37. The topological polar surface area (TPSA) is 75.1 Å². The van der Waals surface area contributed by atoms with E-state index >= 15 is 0 Å². The van der Waals surface area contributed by atoms with Crippen LogP contribution in [0, 0.1) is 12.3 Å².